The van der Waals surface area contributed by atoms with E-state index in [-0.39, 0.29) is 23.0 Å². The highest BCUT2D eigenvalue weighted by atomic mass is 32.1. The van der Waals surface area contributed by atoms with Gasteiger partial charge in [-0.15, -0.1) is 0 Å². The quantitative estimate of drug-likeness (QED) is 0.744. The molecule has 1 fully saturated rings. The molecule has 4 nitrogen and oxygen atoms in total. The number of piperidine rings is 1. The predicted octanol–water partition coefficient (Wildman–Crippen LogP) is 1.46. The lowest BCUT2D eigenvalue weighted by atomic mass is 10.1. The molecule has 1 aliphatic heterocycles. The molecule has 0 spiro atoms. The van der Waals surface area contributed by atoms with Crippen LogP contribution < -0.4 is 5.32 Å². The Morgan fingerprint density at radius 3 is 2.39 bits per heavy atom. The maximum Gasteiger partial charge on any atom is 0.233 e. The van der Waals surface area contributed by atoms with Crippen LogP contribution in [0.1, 0.15) is 39.5 Å². The minimum Gasteiger partial charge on any atom is -0.355 e. The Labute approximate surface area is 115 Å². The van der Waals surface area contributed by atoms with Gasteiger partial charge in [0.05, 0.1) is 5.25 Å². The van der Waals surface area contributed by atoms with Crippen LogP contribution in [0.4, 0.5) is 0 Å². The molecule has 0 aromatic carbocycles. The van der Waals surface area contributed by atoms with E-state index in [2.05, 4.69) is 17.9 Å². The van der Waals surface area contributed by atoms with Crippen LogP contribution in [0, 0.1) is 5.92 Å². The van der Waals surface area contributed by atoms with E-state index in [0.29, 0.717) is 13.0 Å². The topological polar surface area (TPSA) is 49.4 Å². The number of carbonyl (C=O) groups is 2. The zero-order valence-corrected chi connectivity index (χ0v) is 12.2. The Morgan fingerprint density at radius 1 is 1.22 bits per heavy atom. The van der Waals surface area contributed by atoms with Crippen molar-refractivity contribution in [1.82, 2.24) is 10.2 Å². The van der Waals surface area contributed by atoms with Gasteiger partial charge in [-0.25, -0.2) is 0 Å². The van der Waals surface area contributed by atoms with Crippen molar-refractivity contribution < 1.29 is 9.59 Å². The summed E-state index contributed by atoms with van der Waals surface area (Å²) in [5.74, 6) is 0.265. The van der Waals surface area contributed by atoms with Crippen LogP contribution >= 0.6 is 12.6 Å². The summed E-state index contributed by atoms with van der Waals surface area (Å²) in [5, 5.41) is 2.47. The summed E-state index contributed by atoms with van der Waals surface area (Å²) in [7, 11) is 0. The second-order valence-electron chi connectivity index (χ2n) is 5.17. The first-order chi connectivity index (χ1) is 8.52. The fraction of sp³-hybridized carbons (Fsp3) is 0.846. The van der Waals surface area contributed by atoms with E-state index >= 15 is 0 Å². The summed E-state index contributed by atoms with van der Waals surface area (Å²) in [6.45, 7) is 6.06. The van der Waals surface area contributed by atoms with Gasteiger partial charge >= 0.3 is 0 Å². The first kappa shape index (κ1) is 15.3. The van der Waals surface area contributed by atoms with Crippen molar-refractivity contribution in [3.8, 4) is 0 Å². The molecule has 1 N–H and O–H groups in total. The molecule has 2 amide bonds. The molecule has 0 aromatic rings. The van der Waals surface area contributed by atoms with Crippen LogP contribution in [-0.4, -0.2) is 41.6 Å². The number of hydrogen-bond acceptors (Lipinski definition) is 3. The summed E-state index contributed by atoms with van der Waals surface area (Å²) >= 11 is 4.24. The average molecular weight is 272 g/mol. The second-order valence-corrected chi connectivity index (χ2v) is 5.73. The van der Waals surface area contributed by atoms with Crippen molar-refractivity contribution in [3.63, 3.8) is 0 Å². The molecule has 0 aromatic heterocycles. The zero-order valence-electron chi connectivity index (χ0n) is 11.3. The molecule has 1 saturated heterocycles. The Morgan fingerprint density at radius 2 is 1.83 bits per heavy atom. The molecule has 1 aliphatic rings. The minimum absolute atomic E-state index is 0.0835. The SMILES string of the molecule is CC(C)C(S)C(=O)NCCC(=O)N1CCCCC1. The van der Waals surface area contributed by atoms with Crippen LogP contribution in [0.2, 0.25) is 0 Å². The highest BCUT2D eigenvalue weighted by molar-refractivity contribution is 7.81. The highest BCUT2D eigenvalue weighted by Gasteiger charge is 2.19. The second kappa shape index (κ2) is 7.67. The Balaban J connectivity index is 2.20. The Kier molecular flexibility index (Phi) is 6.54. The lowest BCUT2D eigenvalue weighted by Gasteiger charge is -2.26. The summed E-state index contributed by atoms with van der Waals surface area (Å²) in [4.78, 5) is 25.4. The van der Waals surface area contributed by atoms with Gasteiger partial charge < -0.3 is 10.2 Å². The van der Waals surface area contributed by atoms with E-state index in [1.54, 1.807) is 0 Å². The van der Waals surface area contributed by atoms with E-state index in [0.717, 1.165) is 25.9 Å². The van der Waals surface area contributed by atoms with Crippen molar-refractivity contribution in [1.29, 1.82) is 0 Å². The van der Waals surface area contributed by atoms with Crippen LogP contribution in [0.5, 0.6) is 0 Å². The number of thiol groups is 1. The molecule has 0 aliphatic carbocycles. The van der Waals surface area contributed by atoms with Crippen LogP contribution in [-0.2, 0) is 9.59 Å². The molecule has 1 atom stereocenters. The van der Waals surface area contributed by atoms with Crippen molar-refractivity contribution in [3.05, 3.63) is 0 Å². The number of likely N-dealkylation sites (tertiary alicyclic amines) is 1. The normalized spacial score (nSPS) is 17.7. The number of nitrogens with zero attached hydrogens (tertiary/aromatic N) is 1. The van der Waals surface area contributed by atoms with Gasteiger partial charge in [0, 0.05) is 26.1 Å². The fourth-order valence-electron chi connectivity index (χ4n) is 2.00. The van der Waals surface area contributed by atoms with Gasteiger partial charge in [-0.05, 0) is 25.2 Å². The number of hydrogen-bond donors (Lipinski definition) is 2. The molecule has 104 valence electrons. The first-order valence-electron chi connectivity index (χ1n) is 6.76. The maximum absolute atomic E-state index is 11.8. The van der Waals surface area contributed by atoms with Crippen LogP contribution in [0.15, 0.2) is 0 Å². The number of rotatable bonds is 5. The smallest absolute Gasteiger partial charge is 0.233 e. The van der Waals surface area contributed by atoms with Crippen LogP contribution in [0.25, 0.3) is 0 Å². The van der Waals surface area contributed by atoms with Gasteiger partial charge in [-0.3, -0.25) is 9.59 Å². The van der Waals surface area contributed by atoms with E-state index in [1.807, 2.05) is 18.7 Å². The third kappa shape index (κ3) is 4.88. The standard InChI is InChI=1S/C13H24N2O2S/c1-10(2)12(18)13(17)14-7-6-11(16)15-8-4-3-5-9-15/h10,12,18H,3-9H2,1-2H3,(H,14,17). The predicted molar refractivity (Wildman–Crippen MR) is 75.7 cm³/mol. The largest absolute Gasteiger partial charge is 0.355 e. The van der Waals surface area contributed by atoms with Crippen molar-refractivity contribution >= 4 is 24.4 Å². The van der Waals surface area contributed by atoms with Gasteiger partial charge in [-0.1, -0.05) is 13.8 Å². The minimum atomic E-state index is -0.296. The number of amides is 2. The van der Waals surface area contributed by atoms with E-state index in [1.165, 1.54) is 6.42 Å². The molecule has 0 radical (unpaired) electrons. The average Bonchev–Trinajstić information content (AvgIpc) is 2.38. The van der Waals surface area contributed by atoms with E-state index < -0.39 is 0 Å². The molecule has 1 heterocycles. The Bertz CT molecular complexity index is 289. The van der Waals surface area contributed by atoms with Gasteiger partial charge in [0.1, 0.15) is 0 Å². The molecule has 0 saturated carbocycles. The van der Waals surface area contributed by atoms with Crippen molar-refractivity contribution in [2.45, 2.75) is 44.8 Å². The fourth-order valence-corrected chi connectivity index (χ4v) is 2.09. The lowest BCUT2D eigenvalue weighted by molar-refractivity contribution is -0.132. The molecule has 1 rings (SSSR count). The molecule has 5 heteroatoms. The molecule has 1 unspecified atom stereocenters. The molecular weight excluding hydrogens is 248 g/mol. The van der Waals surface area contributed by atoms with E-state index in [9.17, 15) is 9.59 Å². The van der Waals surface area contributed by atoms with Gasteiger partial charge in [-0.2, -0.15) is 12.6 Å². The number of nitrogens with one attached hydrogen (secondary N) is 1. The third-order valence-corrected chi connectivity index (χ3v) is 4.08. The molecular formula is C13H24N2O2S. The van der Waals surface area contributed by atoms with Crippen molar-refractivity contribution in [2.75, 3.05) is 19.6 Å². The first-order valence-corrected chi connectivity index (χ1v) is 7.27. The summed E-state index contributed by atoms with van der Waals surface area (Å²) < 4.78 is 0. The van der Waals surface area contributed by atoms with Crippen LogP contribution in [0.3, 0.4) is 0 Å². The summed E-state index contributed by atoms with van der Waals surface area (Å²) in [5.41, 5.74) is 0. The molecule has 18 heavy (non-hydrogen) atoms. The highest BCUT2D eigenvalue weighted by Crippen LogP contribution is 2.10. The monoisotopic (exact) mass is 272 g/mol. The van der Waals surface area contributed by atoms with Gasteiger partial charge in [0.15, 0.2) is 0 Å². The van der Waals surface area contributed by atoms with Gasteiger partial charge in [0.2, 0.25) is 11.8 Å². The van der Waals surface area contributed by atoms with E-state index in [4.69, 9.17) is 0 Å². The van der Waals surface area contributed by atoms with Gasteiger partial charge in [0.25, 0.3) is 0 Å². The lowest BCUT2D eigenvalue weighted by Crippen LogP contribution is -2.39. The summed E-state index contributed by atoms with van der Waals surface area (Å²) in [6.07, 6.45) is 3.81. The third-order valence-electron chi connectivity index (χ3n) is 3.25. The Hall–Kier alpha value is -0.710. The number of carbonyl (C=O) groups excluding carboxylic acids is 2. The van der Waals surface area contributed by atoms with Crippen molar-refractivity contribution in [2.24, 2.45) is 5.92 Å². The zero-order chi connectivity index (χ0) is 13.5. The maximum atomic E-state index is 11.8. The summed E-state index contributed by atoms with van der Waals surface area (Å²) in [6, 6.07) is 0. The molecule has 0 bridgehead atoms.